The van der Waals surface area contributed by atoms with Crippen LogP contribution in [0, 0.1) is 6.92 Å². The topological polar surface area (TPSA) is 12.0 Å². The Labute approximate surface area is 84.8 Å². The highest BCUT2D eigenvalue weighted by Gasteiger charge is 1.97. The fourth-order valence-electron chi connectivity index (χ4n) is 1.60. The summed E-state index contributed by atoms with van der Waals surface area (Å²) in [7, 11) is 0. The minimum Gasteiger partial charge on any atom is -0.385 e. The summed E-state index contributed by atoms with van der Waals surface area (Å²) in [5.41, 5.74) is 1.20. The van der Waals surface area contributed by atoms with E-state index in [0.717, 1.165) is 13.0 Å². The highest BCUT2D eigenvalue weighted by Crippen LogP contribution is 2.22. The van der Waals surface area contributed by atoms with Gasteiger partial charge in [0.1, 0.15) is 0 Å². The lowest BCUT2D eigenvalue weighted by Crippen LogP contribution is -1.99. The molecule has 0 aliphatic heterocycles. The normalized spacial score (nSPS) is 10.4. The van der Waals surface area contributed by atoms with Crippen LogP contribution in [0.3, 0.4) is 0 Å². The molecule has 0 aliphatic carbocycles. The van der Waals surface area contributed by atoms with E-state index < -0.39 is 0 Å². The fraction of sp³-hybridized carbons (Fsp3) is 0.154. The first-order valence-corrected chi connectivity index (χ1v) is 4.92. The first-order valence-electron chi connectivity index (χ1n) is 4.92. The second kappa shape index (κ2) is 4.14. The molecule has 0 unspecified atom stereocenters. The summed E-state index contributed by atoms with van der Waals surface area (Å²) in [4.78, 5) is 0. The zero-order valence-corrected chi connectivity index (χ0v) is 8.16. The third kappa shape index (κ3) is 1.72. The van der Waals surface area contributed by atoms with E-state index in [0.29, 0.717) is 0 Å². The third-order valence-electron chi connectivity index (χ3n) is 2.28. The maximum atomic E-state index is 3.82. The second-order valence-corrected chi connectivity index (χ2v) is 3.31. The maximum absolute atomic E-state index is 3.82. The fourth-order valence-corrected chi connectivity index (χ4v) is 1.60. The van der Waals surface area contributed by atoms with Crippen LogP contribution in [0.2, 0.25) is 0 Å². The average Bonchev–Trinajstić information content (AvgIpc) is 2.26. The van der Waals surface area contributed by atoms with Gasteiger partial charge in [-0.05, 0) is 17.9 Å². The molecule has 0 saturated heterocycles. The number of rotatable bonds is 3. The zero-order valence-electron chi connectivity index (χ0n) is 8.16. The van der Waals surface area contributed by atoms with E-state index in [-0.39, 0.29) is 0 Å². The van der Waals surface area contributed by atoms with Crippen molar-refractivity contribution >= 4 is 16.5 Å². The largest absolute Gasteiger partial charge is 0.385 e. The van der Waals surface area contributed by atoms with Gasteiger partial charge in [-0.3, -0.25) is 0 Å². The summed E-state index contributed by atoms with van der Waals surface area (Å²) < 4.78 is 0. The predicted molar refractivity (Wildman–Crippen MR) is 62.4 cm³/mol. The molecule has 0 heterocycles. The van der Waals surface area contributed by atoms with Crippen molar-refractivity contribution in [3.63, 3.8) is 0 Å². The minimum atomic E-state index is 0.906. The summed E-state index contributed by atoms with van der Waals surface area (Å²) in [5, 5.41) is 5.94. The molecule has 1 nitrogen and oxygen atoms in total. The minimum absolute atomic E-state index is 0.906. The van der Waals surface area contributed by atoms with Crippen LogP contribution in [-0.2, 0) is 0 Å². The summed E-state index contributed by atoms with van der Waals surface area (Å²) >= 11 is 0. The Kier molecular flexibility index (Phi) is 2.68. The van der Waals surface area contributed by atoms with Crippen LogP contribution in [0.15, 0.2) is 42.5 Å². The van der Waals surface area contributed by atoms with Gasteiger partial charge >= 0.3 is 0 Å². The molecule has 1 N–H and O–H groups in total. The Morgan fingerprint density at radius 1 is 1.00 bits per heavy atom. The van der Waals surface area contributed by atoms with Crippen LogP contribution < -0.4 is 5.32 Å². The quantitative estimate of drug-likeness (QED) is 0.770. The maximum Gasteiger partial charge on any atom is 0.0419 e. The van der Waals surface area contributed by atoms with Gasteiger partial charge < -0.3 is 5.32 Å². The third-order valence-corrected chi connectivity index (χ3v) is 2.28. The van der Waals surface area contributed by atoms with Crippen LogP contribution >= 0.6 is 0 Å². The number of hydrogen-bond acceptors (Lipinski definition) is 1. The van der Waals surface area contributed by atoms with Crippen LogP contribution in [0.25, 0.3) is 10.8 Å². The van der Waals surface area contributed by atoms with Gasteiger partial charge in [-0.2, -0.15) is 0 Å². The smallest absolute Gasteiger partial charge is 0.0419 e. The van der Waals surface area contributed by atoms with E-state index in [1.807, 2.05) is 0 Å². The summed E-state index contributed by atoms with van der Waals surface area (Å²) in [6.45, 7) is 4.74. The molecule has 0 spiro atoms. The van der Waals surface area contributed by atoms with E-state index in [1.165, 1.54) is 16.5 Å². The standard InChI is InChI=1S/C13H14N/c1-2-10-14-13-9-5-7-11-6-3-4-8-12(11)13/h3-9,14H,1-2,10H2. The predicted octanol–water partition coefficient (Wildman–Crippen LogP) is 3.48. The Morgan fingerprint density at radius 3 is 2.64 bits per heavy atom. The van der Waals surface area contributed by atoms with E-state index in [9.17, 15) is 0 Å². The van der Waals surface area contributed by atoms with E-state index >= 15 is 0 Å². The molecule has 2 rings (SSSR count). The Bertz CT molecular complexity index is 415. The average molecular weight is 184 g/mol. The van der Waals surface area contributed by atoms with Crippen molar-refractivity contribution in [2.24, 2.45) is 0 Å². The molecule has 0 atom stereocenters. The van der Waals surface area contributed by atoms with Gasteiger partial charge in [0.15, 0.2) is 0 Å². The van der Waals surface area contributed by atoms with E-state index in [2.05, 4.69) is 54.7 Å². The van der Waals surface area contributed by atoms with Crippen LogP contribution in [0.4, 0.5) is 5.69 Å². The van der Waals surface area contributed by atoms with Crippen LogP contribution in [0.1, 0.15) is 6.42 Å². The van der Waals surface area contributed by atoms with Gasteiger partial charge in [-0.1, -0.05) is 43.3 Å². The van der Waals surface area contributed by atoms with Gasteiger partial charge in [0.2, 0.25) is 0 Å². The van der Waals surface area contributed by atoms with Crippen molar-refractivity contribution in [1.82, 2.24) is 0 Å². The number of hydrogen-bond donors (Lipinski definition) is 1. The number of anilines is 1. The van der Waals surface area contributed by atoms with E-state index in [1.54, 1.807) is 0 Å². The Balaban J connectivity index is 2.43. The van der Waals surface area contributed by atoms with Crippen molar-refractivity contribution < 1.29 is 0 Å². The van der Waals surface area contributed by atoms with Gasteiger partial charge in [0.25, 0.3) is 0 Å². The van der Waals surface area contributed by atoms with Crippen molar-refractivity contribution in [2.45, 2.75) is 6.42 Å². The molecule has 71 valence electrons. The monoisotopic (exact) mass is 184 g/mol. The van der Waals surface area contributed by atoms with Crippen molar-refractivity contribution in [2.75, 3.05) is 11.9 Å². The number of benzene rings is 2. The molecule has 2 aromatic rings. The molecule has 2 aromatic carbocycles. The molecule has 14 heavy (non-hydrogen) atoms. The first kappa shape index (κ1) is 9.07. The molecule has 0 saturated carbocycles. The Hall–Kier alpha value is -1.50. The summed E-state index contributed by atoms with van der Waals surface area (Å²) in [6.07, 6.45) is 0.906. The molecule has 0 aromatic heterocycles. The van der Waals surface area contributed by atoms with Gasteiger partial charge in [-0.25, -0.2) is 0 Å². The molecular weight excluding hydrogens is 170 g/mol. The SMILES string of the molecule is [CH2]CCNc1cccc2ccccc12. The molecule has 0 fully saturated rings. The molecular formula is C13H14N. The van der Waals surface area contributed by atoms with Gasteiger partial charge in [0, 0.05) is 17.6 Å². The van der Waals surface area contributed by atoms with Crippen LogP contribution in [-0.4, -0.2) is 6.54 Å². The van der Waals surface area contributed by atoms with Gasteiger partial charge in [-0.15, -0.1) is 0 Å². The molecule has 1 heteroatoms. The number of nitrogens with one attached hydrogen (secondary N) is 1. The molecule has 0 amide bonds. The summed E-state index contributed by atoms with van der Waals surface area (Å²) in [6, 6.07) is 14.7. The Morgan fingerprint density at radius 2 is 1.79 bits per heavy atom. The van der Waals surface area contributed by atoms with Crippen LogP contribution in [0.5, 0.6) is 0 Å². The van der Waals surface area contributed by atoms with Crippen molar-refractivity contribution in [3.05, 3.63) is 49.4 Å². The van der Waals surface area contributed by atoms with Gasteiger partial charge in [0.05, 0.1) is 0 Å². The molecule has 0 bridgehead atoms. The highest BCUT2D eigenvalue weighted by molar-refractivity contribution is 5.93. The molecule has 0 aliphatic rings. The molecule has 1 radical (unpaired) electrons. The van der Waals surface area contributed by atoms with Crippen molar-refractivity contribution in [3.8, 4) is 0 Å². The second-order valence-electron chi connectivity index (χ2n) is 3.31. The first-order chi connectivity index (χ1) is 6.92. The number of fused-ring (bicyclic) bond motifs is 1. The lowest BCUT2D eigenvalue weighted by Gasteiger charge is -2.08. The zero-order chi connectivity index (χ0) is 9.80. The lowest BCUT2D eigenvalue weighted by molar-refractivity contribution is 1.07. The van der Waals surface area contributed by atoms with E-state index in [4.69, 9.17) is 0 Å². The summed E-state index contributed by atoms with van der Waals surface area (Å²) in [5.74, 6) is 0. The van der Waals surface area contributed by atoms with Crippen molar-refractivity contribution in [1.29, 1.82) is 0 Å². The lowest BCUT2D eigenvalue weighted by atomic mass is 10.1. The highest BCUT2D eigenvalue weighted by atomic mass is 14.9.